The molecular weight excluding hydrogens is 178 g/mol. The van der Waals surface area contributed by atoms with E-state index in [0.29, 0.717) is 11.3 Å². The molecule has 0 aliphatic carbocycles. The topological polar surface area (TPSA) is 58.0 Å². The molecular formula is C10H9N3O. The van der Waals surface area contributed by atoms with Crippen LogP contribution in [-0.4, -0.2) is 7.11 Å². The molecule has 1 unspecified atom stereocenters. The maximum Gasteiger partial charge on any atom is 0.143 e. The summed E-state index contributed by atoms with van der Waals surface area (Å²) >= 11 is 0. The monoisotopic (exact) mass is 187 g/mol. The summed E-state index contributed by atoms with van der Waals surface area (Å²) in [7, 11) is 1.51. The molecule has 0 aromatic heterocycles. The lowest BCUT2D eigenvalue weighted by molar-refractivity contribution is 0.151. The van der Waals surface area contributed by atoms with E-state index < -0.39 is 6.10 Å². The van der Waals surface area contributed by atoms with Gasteiger partial charge in [-0.1, -0.05) is 35.3 Å². The van der Waals surface area contributed by atoms with Gasteiger partial charge >= 0.3 is 0 Å². The van der Waals surface area contributed by atoms with Gasteiger partial charge in [-0.05, 0) is 5.53 Å². The molecule has 70 valence electrons. The van der Waals surface area contributed by atoms with Crippen LogP contribution >= 0.6 is 0 Å². The van der Waals surface area contributed by atoms with Gasteiger partial charge in [-0.15, -0.1) is 6.42 Å². The zero-order valence-electron chi connectivity index (χ0n) is 7.71. The van der Waals surface area contributed by atoms with Gasteiger partial charge in [-0.3, -0.25) is 0 Å². The molecule has 0 amide bonds. The van der Waals surface area contributed by atoms with E-state index in [1.54, 1.807) is 18.2 Å². The highest BCUT2D eigenvalue weighted by atomic mass is 16.5. The minimum atomic E-state index is -0.475. The van der Waals surface area contributed by atoms with Crippen molar-refractivity contribution in [2.45, 2.75) is 6.10 Å². The van der Waals surface area contributed by atoms with Crippen molar-refractivity contribution in [1.29, 1.82) is 0 Å². The fourth-order valence-electron chi connectivity index (χ4n) is 1.13. The molecule has 0 saturated heterocycles. The van der Waals surface area contributed by atoms with Gasteiger partial charge in [0.1, 0.15) is 6.10 Å². The quantitative estimate of drug-likeness (QED) is 0.310. The Labute approximate surface area is 82.1 Å². The predicted molar refractivity (Wildman–Crippen MR) is 53.8 cm³/mol. The zero-order valence-corrected chi connectivity index (χ0v) is 7.71. The van der Waals surface area contributed by atoms with Crippen LogP contribution in [0.1, 0.15) is 11.7 Å². The molecule has 0 heterocycles. The number of hydrogen-bond donors (Lipinski definition) is 0. The molecule has 1 aromatic rings. The third-order valence-corrected chi connectivity index (χ3v) is 1.76. The number of ether oxygens (including phenoxy) is 1. The van der Waals surface area contributed by atoms with E-state index in [1.807, 2.05) is 6.07 Å². The Bertz CT molecular complexity index is 402. The first-order valence-electron chi connectivity index (χ1n) is 3.96. The summed E-state index contributed by atoms with van der Waals surface area (Å²) in [5.74, 6) is 2.46. The van der Waals surface area contributed by atoms with Crippen molar-refractivity contribution in [1.82, 2.24) is 0 Å². The third-order valence-electron chi connectivity index (χ3n) is 1.76. The van der Waals surface area contributed by atoms with Crippen LogP contribution in [0, 0.1) is 12.3 Å². The number of hydrogen-bond acceptors (Lipinski definition) is 2. The molecule has 0 fully saturated rings. The summed E-state index contributed by atoms with van der Waals surface area (Å²) in [6.07, 6.45) is 4.80. The lowest BCUT2D eigenvalue weighted by Gasteiger charge is -2.10. The number of azide groups is 1. The smallest absolute Gasteiger partial charge is 0.143 e. The molecule has 4 nitrogen and oxygen atoms in total. The van der Waals surface area contributed by atoms with E-state index in [0.717, 1.165) is 0 Å². The lowest BCUT2D eigenvalue weighted by atomic mass is 10.1. The van der Waals surface area contributed by atoms with Crippen LogP contribution in [0.15, 0.2) is 29.4 Å². The summed E-state index contributed by atoms with van der Waals surface area (Å²) in [5, 5.41) is 3.53. The van der Waals surface area contributed by atoms with Crippen LogP contribution in [0.25, 0.3) is 10.4 Å². The van der Waals surface area contributed by atoms with E-state index in [2.05, 4.69) is 15.9 Å². The Balaban J connectivity index is 3.19. The van der Waals surface area contributed by atoms with E-state index in [-0.39, 0.29) is 0 Å². The summed E-state index contributed by atoms with van der Waals surface area (Å²) in [5.41, 5.74) is 9.54. The molecule has 0 N–H and O–H groups in total. The van der Waals surface area contributed by atoms with Crippen molar-refractivity contribution < 1.29 is 4.74 Å². The first-order valence-corrected chi connectivity index (χ1v) is 3.96. The largest absolute Gasteiger partial charge is 0.364 e. The molecule has 0 saturated carbocycles. The van der Waals surface area contributed by atoms with Crippen molar-refractivity contribution in [2.24, 2.45) is 5.11 Å². The zero-order chi connectivity index (χ0) is 10.4. The van der Waals surface area contributed by atoms with E-state index in [4.69, 9.17) is 16.7 Å². The fourth-order valence-corrected chi connectivity index (χ4v) is 1.13. The van der Waals surface area contributed by atoms with Gasteiger partial charge < -0.3 is 4.74 Å². The molecule has 4 heteroatoms. The molecule has 1 aromatic carbocycles. The van der Waals surface area contributed by atoms with Crippen molar-refractivity contribution in [2.75, 3.05) is 7.11 Å². The van der Waals surface area contributed by atoms with Gasteiger partial charge in [-0.2, -0.15) is 0 Å². The van der Waals surface area contributed by atoms with Gasteiger partial charge in [0, 0.05) is 23.3 Å². The van der Waals surface area contributed by atoms with E-state index in [9.17, 15) is 0 Å². The SMILES string of the molecule is C#CC(OC)c1ccccc1N=[N+]=[N-]. The highest BCUT2D eigenvalue weighted by Gasteiger charge is 2.09. The van der Waals surface area contributed by atoms with Crippen molar-refractivity contribution in [3.8, 4) is 12.3 Å². The Morgan fingerprint density at radius 1 is 1.57 bits per heavy atom. The Morgan fingerprint density at radius 3 is 2.86 bits per heavy atom. The molecule has 0 aliphatic rings. The number of methoxy groups -OCH3 is 1. The molecule has 0 aliphatic heterocycles. The highest BCUT2D eigenvalue weighted by molar-refractivity contribution is 5.48. The van der Waals surface area contributed by atoms with E-state index in [1.165, 1.54) is 7.11 Å². The second-order valence-corrected chi connectivity index (χ2v) is 2.53. The first kappa shape index (κ1) is 10.1. The molecule has 0 bridgehead atoms. The summed E-state index contributed by atoms with van der Waals surface area (Å²) in [6.45, 7) is 0. The van der Waals surface area contributed by atoms with Gasteiger partial charge in [0.25, 0.3) is 0 Å². The van der Waals surface area contributed by atoms with Gasteiger partial charge in [0.05, 0.1) is 0 Å². The Kier molecular flexibility index (Phi) is 3.57. The second-order valence-electron chi connectivity index (χ2n) is 2.53. The number of terminal acetylenes is 1. The molecule has 1 rings (SSSR count). The van der Waals surface area contributed by atoms with Crippen LogP contribution in [0.2, 0.25) is 0 Å². The predicted octanol–water partition coefficient (Wildman–Crippen LogP) is 2.95. The molecule has 1 atom stereocenters. The second kappa shape index (κ2) is 4.93. The lowest BCUT2D eigenvalue weighted by Crippen LogP contribution is -1.97. The van der Waals surface area contributed by atoms with Crippen molar-refractivity contribution in [3.63, 3.8) is 0 Å². The number of benzene rings is 1. The standard InChI is InChI=1S/C10H9N3O/c1-3-10(14-2)8-6-4-5-7-9(8)12-13-11/h1,4-7,10H,2H3. The maximum atomic E-state index is 8.34. The minimum absolute atomic E-state index is 0.475. The normalized spacial score (nSPS) is 11.1. The van der Waals surface area contributed by atoms with Crippen molar-refractivity contribution in [3.05, 3.63) is 40.3 Å². The summed E-state index contributed by atoms with van der Waals surface area (Å²) < 4.78 is 5.05. The number of rotatable bonds is 3. The van der Waals surface area contributed by atoms with Gasteiger partial charge in [0.2, 0.25) is 0 Å². The van der Waals surface area contributed by atoms with Crippen LogP contribution in [-0.2, 0) is 4.74 Å². The summed E-state index contributed by atoms with van der Waals surface area (Å²) in [4.78, 5) is 2.72. The fraction of sp³-hybridized carbons (Fsp3) is 0.200. The first-order chi connectivity index (χ1) is 6.83. The minimum Gasteiger partial charge on any atom is -0.364 e. The van der Waals surface area contributed by atoms with Crippen LogP contribution in [0.4, 0.5) is 5.69 Å². The van der Waals surface area contributed by atoms with E-state index >= 15 is 0 Å². The highest BCUT2D eigenvalue weighted by Crippen LogP contribution is 2.26. The van der Waals surface area contributed by atoms with Gasteiger partial charge in [-0.25, -0.2) is 0 Å². The van der Waals surface area contributed by atoms with Crippen LogP contribution in [0.3, 0.4) is 0 Å². The third kappa shape index (κ3) is 2.05. The number of nitrogens with zero attached hydrogens (tertiary/aromatic N) is 3. The maximum absolute atomic E-state index is 8.34. The average molecular weight is 187 g/mol. The Hall–Kier alpha value is -1.95. The van der Waals surface area contributed by atoms with Crippen molar-refractivity contribution >= 4 is 5.69 Å². The Morgan fingerprint density at radius 2 is 2.29 bits per heavy atom. The molecule has 0 spiro atoms. The average Bonchev–Trinajstić information content (AvgIpc) is 2.23. The van der Waals surface area contributed by atoms with Crippen LogP contribution < -0.4 is 0 Å². The molecule has 14 heavy (non-hydrogen) atoms. The van der Waals surface area contributed by atoms with Gasteiger partial charge in [0.15, 0.2) is 0 Å². The summed E-state index contributed by atoms with van der Waals surface area (Å²) in [6, 6.07) is 7.06. The van der Waals surface area contributed by atoms with Crippen LogP contribution in [0.5, 0.6) is 0 Å². The molecule has 0 radical (unpaired) electrons.